The Morgan fingerprint density at radius 1 is 1.33 bits per heavy atom. The summed E-state index contributed by atoms with van der Waals surface area (Å²) in [5.74, 6) is -0.752. The molecule has 1 aromatic carbocycles. The second-order valence-corrected chi connectivity index (χ2v) is 5.84. The van der Waals surface area contributed by atoms with Crippen LogP contribution in [0.1, 0.15) is 31.7 Å². The molecule has 18 heavy (non-hydrogen) atoms. The van der Waals surface area contributed by atoms with E-state index in [1.54, 1.807) is 0 Å². The topological polar surface area (TPSA) is 49.3 Å². The maximum Gasteiger partial charge on any atom is 0.316 e. The van der Waals surface area contributed by atoms with Gasteiger partial charge in [0.1, 0.15) is 3.92 Å². The molecule has 0 aliphatic rings. The molecule has 0 aliphatic heterocycles. The van der Waals surface area contributed by atoms with E-state index in [2.05, 4.69) is 12.2 Å². The minimum atomic E-state index is -0.752. The fourth-order valence-corrected chi connectivity index (χ4v) is 2.17. The van der Waals surface area contributed by atoms with Crippen LogP contribution in [0.15, 0.2) is 24.3 Å². The zero-order chi connectivity index (χ0) is 13.4. The molecule has 0 spiro atoms. The lowest BCUT2D eigenvalue weighted by Crippen LogP contribution is -2.15. The number of carboxylic acids is 1. The average molecular weight is 361 g/mol. The van der Waals surface area contributed by atoms with Crippen LogP contribution in [0.5, 0.6) is 0 Å². The summed E-state index contributed by atoms with van der Waals surface area (Å²) in [4.78, 5) is 10.8. The van der Waals surface area contributed by atoms with Crippen LogP contribution in [-0.2, 0) is 11.2 Å². The number of carboxylic acid groups (broad SMARTS) is 1. The van der Waals surface area contributed by atoms with E-state index < -0.39 is 5.97 Å². The Labute approximate surface area is 122 Å². The van der Waals surface area contributed by atoms with Crippen molar-refractivity contribution in [1.29, 1.82) is 0 Å². The van der Waals surface area contributed by atoms with E-state index in [1.165, 1.54) is 19.3 Å². The predicted octanol–water partition coefficient (Wildman–Crippen LogP) is 3.72. The van der Waals surface area contributed by atoms with Gasteiger partial charge in [0, 0.05) is 12.2 Å². The molecular weight excluding hydrogens is 341 g/mol. The molecule has 0 unspecified atom stereocenters. The second-order valence-electron chi connectivity index (χ2n) is 4.34. The Morgan fingerprint density at radius 2 is 2.00 bits per heavy atom. The Bertz CT molecular complexity index is 365. The molecule has 0 bridgehead atoms. The van der Waals surface area contributed by atoms with Gasteiger partial charge in [0.25, 0.3) is 0 Å². The standard InChI is InChI=1S/C14H20INO2/c1-2-3-4-9-16-12-7-5-11(6-8-12)10-13(15)14(17)18/h5-8,13,16H,2-4,9-10H2,1H3,(H,17,18)/t13-/m1/s1. The summed E-state index contributed by atoms with van der Waals surface area (Å²) in [6, 6.07) is 8.03. The van der Waals surface area contributed by atoms with Gasteiger partial charge < -0.3 is 10.4 Å². The fourth-order valence-electron chi connectivity index (χ4n) is 1.66. The molecule has 1 aromatic rings. The maximum absolute atomic E-state index is 10.8. The quantitative estimate of drug-likeness (QED) is 0.422. The van der Waals surface area contributed by atoms with Gasteiger partial charge in [-0.3, -0.25) is 4.79 Å². The highest BCUT2D eigenvalue weighted by Crippen LogP contribution is 2.14. The lowest BCUT2D eigenvalue weighted by atomic mass is 10.1. The molecule has 0 amide bonds. The van der Waals surface area contributed by atoms with Gasteiger partial charge in [0.2, 0.25) is 0 Å². The first-order valence-electron chi connectivity index (χ1n) is 6.33. The largest absolute Gasteiger partial charge is 0.480 e. The monoisotopic (exact) mass is 361 g/mol. The number of benzene rings is 1. The summed E-state index contributed by atoms with van der Waals surface area (Å²) in [7, 11) is 0. The van der Waals surface area contributed by atoms with Crippen LogP contribution < -0.4 is 5.32 Å². The van der Waals surface area contributed by atoms with Crippen molar-refractivity contribution in [3.63, 3.8) is 0 Å². The van der Waals surface area contributed by atoms with Gasteiger partial charge in [0.05, 0.1) is 0 Å². The number of alkyl halides is 1. The van der Waals surface area contributed by atoms with Crippen molar-refractivity contribution in [2.24, 2.45) is 0 Å². The zero-order valence-electron chi connectivity index (χ0n) is 10.7. The summed E-state index contributed by atoms with van der Waals surface area (Å²) >= 11 is 1.96. The Hall–Kier alpha value is -0.780. The molecule has 4 heteroatoms. The highest BCUT2D eigenvalue weighted by molar-refractivity contribution is 14.1. The number of unbranched alkanes of at least 4 members (excludes halogenated alkanes) is 2. The van der Waals surface area contributed by atoms with Crippen molar-refractivity contribution in [1.82, 2.24) is 0 Å². The maximum atomic E-state index is 10.8. The van der Waals surface area contributed by atoms with Gasteiger partial charge in [-0.15, -0.1) is 0 Å². The lowest BCUT2D eigenvalue weighted by Gasteiger charge is -2.08. The normalized spacial score (nSPS) is 12.1. The van der Waals surface area contributed by atoms with Crippen molar-refractivity contribution in [3.05, 3.63) is 29.8 Å². The SMILES string of the molecule is CCCCCNc1ccc(C[C@@H](I)C(=O)O)cc1. The molecule has 0 saturated heterocycles. The fraction of sp³-hybridized carbons (Fsp3) is 0.500. The lowest BCUT2D eigenvalue weighted by molar-refractivity contribution is -0.135. The smallest absolute Gasteiger partial charge is 0.316 e. The van der Waals surface area contributed by atoms with Crippen LogP contribution in [0.4, 0.5) is 5.69 Å². The predicted molar refractivity (Wildman–Crippen MR) is 83.6 cm³/mol. The van der Waals surface area contributed by atoms with Crippen molar-refractivity contribution in [3.8, 4) is 0 Å². The van der Waals surface area contributed by atoms with Crippen molar-refractivity contribution in [2.75, 3.05) is 11.9 Å². The van der Waals surface area contributed by atoms with E-state index in [0.717, 1.165) is 17.8 Å². The Balaban J connectivity index is 2.40. The van der Waals surface area contributed by atoms with Crippen LogP contribution in [-0.4, -0.2) is 21.5 Å². The third kappa shape index (κ3) is 5.71. The first kappa shape index (κ1) is 15.3. The first-order chi connectivity index (χ1) is 8.63. The molecule has 1 rings (SSSR count). The number of carbonyl (C=O) groups is 1. The molecule has 3 nitrogen and oxygen atoms in total. The van der Waals surface area contributed by atoms with Crippen LogP contribution in [0.2, 0.25) is 0 Å². The number of rotatable bonds is 8. The number of anilines is 1. The molecule has 0 fully saturated rings. The molecule has 0 heterocycles. The van der Waals surface area contributed by atoms with Gasteiger partial charge in [-0.1, -0.05) is 54.5 Å². The molecule has 0 radical (unpaired) electrons. The molecular formula is C14H20INO2. The van der Waals surface area contributed by atoms with Crippen LogP contribution >= 0.6 is 22.6 Å². The van der Waals surface area contributed by atoms with E-state index in [-0.39, 0.29) is 3.92 Å². The van der Waals surface area contributed by atoms with E-state index >= 15 is 0 Å². The number of hydrogen-bond donors (Lipinski definition) is 2. The summed E-state index contributed by atoms with van der Waals surface area (Å²) in [5.41, 5.74) is 2.17. The Kier molecular flexibility index (Phi) is 7.08. The summed E-state index contributed by atoms with van der Waals surface area (Å²) in [6.07, 6.45) is 4.24. The third-order valence-corrected chi connectivity index (χ3v) is 3.72. The van der Waals surface area contributed by atoms with Crippen LogP contribution in [0, 0.1) is 0 Å². The molecule has 0 aliphatic carbocycles. The van der Waals surface area contributed by atoms with Crippen LogP contribution in [0.3, 0.4) is 0 Å². The minimum absolute atomic E-state index is 0.356. The molecule has 2 N–H and O–H groups in total. The molecule has 0 aromatic heterocycles. The highest BCUT2D eigenvalue weighted by atomic mass is 127. The van der Waals surface area contributed by atoms with Gasteiger partial charge in [0.15, 0.2) is 0 Å². The van der Waals surface area contributed by atoms with E-state index in [0.29, 0.717) is 6.42 Å². The number of nitrogens with one attached hydrogen (secondary N) is 1. The highest BCUT2D eigenvalue weighted by Gasteiger charge is 2.12. The Morgan fingerprint density at radius 3 is 2.56 bits per heavy atom. The van der Waals surface area contributed by atoms with Crippen molar-refractivity contribution >= 4 is 34.2 Å². The molecule has 1 atom stereocenters. The third-order valence-electron chi connectivity index (χ3n) is 2.75. The number of hydrogen-bond acceptors (Lipinski definition) is 2. The van der Waals surface area contributed by atoms with Gasteiger partial charge in [-0.2, -0.15) is 0 Å². The molecule has 0 saturated carbocycles. The number of halogens is 1. The van der Waals surface area contributed by atoms with Gasteiger partial charge in [-0.25, -0.2) is 0 Å². The second kappa shape index (κ2) is 8.34. The number of aliphatic carboxylic acids is 1. The van der Waals surface area contributed by atoms with E-state index in [4.69, 9.17) is 5.11 Å². The summed E-state index contributed by atoms with van der Waals surface area (Å²) in [6.45, 7) is 3.19. The van der Waals surface area contributed by atoms with Crippen LogP contribution in [0.25, 0.3) is 0 Å². The summed E-state index contributed by atoms with van der Waals surface area (Å²) < 4.78 is -0.356. The zero-order valence-corrected chi connectivity index (χ0v) is 12.8. The van der Waals surface area contributed by atoms with E-state index in [9.17, 15) is 4.79 Å². The molecule has 100 valence electrons. The first-order valence-corrected chi connectivity index (χ1v) is 7.57. The van der Waals surface area contributed by atoms with Gasteiger partial charge in [-0.05, 0) is 30.5 Å². The van der Waals surface area contributed by atoms with E-state index in [1.807, 2.05) is 46.9 Å². The minimum Gasteiger partial charge on any atom is -0.480 e. The van der Waals surface area contributed by atoms with Crippen molar-refractivity contribution < 1.29 is 9.90 Å². The van der Waals surface area contributed by atoms with Crippen molar-refractivity contribution in [2.45, 2.75) is 36.5 Å². The van der Waals surface area contributed by atoms with Gasteiger partial charge >= 0.3 is 5.97 Å². The average Bonchev–Trinajstić information content (AvgIpc) is 2.36. The summed E-state index contributed by atoms with van der Waals surface area (Å²) in [5, 5.41) is 12.2.